The summed E-state index contributed by atoms with van der Waals surface area (Å²) in [6.07, 6.45) is 0.455. The van der Waals surface area contributed by atoms with Crippen molar-refractivity contribution in [3.8, 4) is 5.75 Å². The maximum Gasteiger partial charge on any atom is 0.323 e. The highest BCUT2D eigenvalue weighted by Crippen LogP contribution is 2.22. The van der Waals surface area contributed by atoms with Gasteiger partial charge >= 0.3 is 12.0 Å². The molecule has 0 aliphatic carbocycles. The van der Waals surface area contributed by atoms with Crippen molar-refractivity contribution in [2.75, 3.05) is 12.4 Å². The van der Waals surface area contributed by atoms with Crippen LogP contribution in [0.2, 0.25) is 0 Å². The highest BCUT2D eigenvalue weighted by atomic mass is 16.5. The number of carbonyl (C=O) groups excluding carboxylic acids is 1. The van der Waals surface area contributed by atoms with Crippen molar-refractivity contribution in [2.45, 2.75) is 12.5 Å². The number of nitrogens with zero attached hydrogens (tertiary/aromatic N) is 2. The van der Waals surface area contributed by atoms with Gasteiger partial charge in [-0.2, -0.15) is 0 Å². The van der Waals surface area contributed by atoms with Crippen LogP contribution in [0.4, 0.5) is 10.8 Å². The molecule has 2 N–H and O–H groups in total. The van der Waals surface area contributed by atoms with E-state index in [4.69, 9.17) is 9.15 Å². The van der Waals surface area contributed by atoms with Crippen LogP contribution in [0.15, 0.2) is 89.3 Å². The van der Waals surface area contributed by atoms with E-state index in [1.807, 2.05) is 84.9 Å². The molecule has 0 saturated carbocycles. The molecule has 1 aromatic heterocycles. The van der Waals surface area contributed by atoms with Crippen LogP contribution in [0.5, 0.6) is 5.75 Å². The van der Waals surface area contributed by atoms with Crippen molar-refractivity contribution in [1.82, 2.24) is 15.5 Å². The number of hydrogen-bond donors (Lipinski definition) is 2. The van der Waals surface area contributed by atoms with Gasteiger partial charge in [0, 0.05) is 0 Å². The van der Waals surface area contributed by atoms with Crippen molar-refractivity contribution in [2.24, 2.45) is 0 Å². The molecule has 1 heterocycles. The molecule has 2 amide bonds. The van der Waals surface area contributed by atoms with E-state index in [0.717, 1.165) is 22.4 Å². The molecule has 0 unspecified atom stereocenters. The number of nitrogens with one attached hydrogen (secondary N) is 2. The van der Waals surface area contributed by atoms with Gasteiger partial charge in [-0.15, -0.1) is 5.10 Å². The predicted octanol–water partition coefficient (Wildman–Crippen LogP) is 4.58. The van der Waals surface area contributed by atoms with E-state index in [9.17, 15) is 4.79 Å². The quantitative estimate of drug-likeness (QED) is 0.462. The molecule has 4 rings (SSSR count). The zero-order valence-electron chi connectivity index (χ0n) is 17.0. The Morgan fingerprint density at radius 1 is 0.903 bits per heavy atom. The van der Waals surface area contributed by atoms with Crippen LogP contribution in [-0.4, -0.2) is 23.3 Å². The Bertz CT molecular complexity index is 1070. The molecule has 0 bridgehead atoms. The lowest BCUT2D eigenvalue weighted by molar-refractivity contribution is 0.249. The van der Waals surface area contributed by atoms with E-state index in [-0.39, 0.29) is 12.1 Å². The summed E-state index contributed by atoms with van der Waals surface area (Å²) < 4.78 is 10.7. The molecule has 0 aliphatic rings. The smallest absolute Gasteiger partial charge is 0.323 e. The first kappa shape index (κ1) is 20.2. The van der Waals surface area contributed by atoms with Gasteiger partial charge in [0.25, 0.3) is 0 Å². The van der Waals surface area contributed by atoms with Crippen molar-refractivity contribution in [3.05, 3.63) is 108 Å². The number of anilines is 1. The predicted molar refractivity (Wildman–Crippen MR) is 117 cm³/mol. The van der Waals surface area contributed by atoms with Crippen molar-refractivity contribution in [1.29, 1.82) is 0 Å². The van der Waals surface area contributed by atoms with Crippen molar-refractivity contribution in [3.63, 3.8) is 0 Å². The second kappa shape index (κ2) is 9.58. The fourth-order valence-corrected chi connectivity index (χ4v) is 3.21. The third-order valence-corrected chi connectivity index (χ3v) is 4.74. The summed E-state index contributed by atoms with van der Waals surface area (Å²) in [6, 6.07) is 26.4. The fourth-order valence-electron chi connectivity index (χ4n) is 3.21. The fraction of sp³-hybridized carbons (Fsp3) is 0.125. The van der Waals surface area contributed by atoms with E-state index in [2.05, 4.69) is 20.8 Å². The first-order chi connectivity index (χ1) is 15.2. The summed E-state index contributed by atoms with van der Waals surface area (Å²) in [5, 5.41) is 13.5. The Morgan fingerprint density at radius 3 is 2.10 bits per heavy atom. The molecular formula is C24H22N4O3. The summed E-state index contributed by atoms with van der Waals surface area (Å²) in [5.41, 5.74) is 2.93. The first-order valence-electron chi connectivity index (χ1n) is 9.84. The lowest BCUT2D eigenvalue weighted by Crippen LogP contribution is -2.33. The molecule has 0 saturated heterocycles. The highest BCUT2D eigenvalue weighted by Gasteiger charge is 2.18. The molecule has 4 aromatic rings. The second-order valence-electron chi connectivity index (χ2n) is 6.88. The average molecular weight is 414 g/mol. The maximum atomic E-state index is 12.6. The SMILES string of the molecule is COc1ccc(Cc2nnc(NC(=O)NC(c3ccccc3)c3ccccc3)o2)cc1. The molecule has 7 nitrogen and oxygen atoms in total. The topological polar surface area (TPSA) is 89.3 Å². The van der Waals surface area contributed by atoms with Crippen LogP contribution >= 0.6 is 0 Å². The number of benzene rings is 3. The van der Waals surface area contributed by atoms with Crippen LogP contribution in [0.3, 0.4) is 0 Å². The number of aromatic nitrogens is 2. The van der Waals surface area contributed by atoms with Crippen LogP contribution in [0, 0.1) is 0 Å². The molecule has 31 heavy (non-hydrogen) atoms. The van der Waals surface area contributed by atoms with Gasteiger partial charge in [-0.3, -0.25) is 5.32 Å². The summed E-state index contributed by atoms with van der Waals surface area (Å²) >= 11 is 0. The molecule has 0 radical (unpaired) electrons. The van der Waals surface area contributed by atoms with Gasteiger partial charge in [-0.25, -0.2) is 4.79 Å². The third kappa shape index (κ3) is 5.27. The number of urea groups is 1. The van der Waals surface area contributed by atoms with Gasteiger partial charge in [0.05, 0.1) is 19.6 Å². The Labute approximate surface area is 180 Å². The molecular weight excluding hydrogens is 392 g/mol. The monoisotopic (exact) mass is 414 g/mol. The van der Waals surface area contributed by atoms with E-state index in [1.165, 1.54) is 0 Å². The molecule has 156 valence electrons. The molecule has 3 aromatic carbocycles. The van der Waals surface area contributed by atoms with Gasteiger partial charge in [-0.05, 0) is 28.8 Å². The normalized spacial score (nSPS) is 10.6. The summed E-state index contributed by atoms with van der Waals surface area (Å²) in [5.74, 6) is 1.18. The first-order valence-corrected chi connectivity index (χ1v) is 9.84. The second-order valence-corrected chi connectivity index (χ2v) is 6.88. The molecule has 0 atom stereocenters. The minimum absolute atomic E-state index is 0.0425. The number of ether oxygens (including phenoxy) is 1. The van der Waals surface area contributed by atoms with E-state index >= 15 is 0 Å². The number of hydrogen-bond acceptors (Lipinski definition) is 5. The van der Waals surface area contributed by atoms with Crippen molar-refractivity contribution < 1.29 is 13.9 Å². The number of carbonyl (C=O) groups is 1. The molecule has 7 heteroatoms. The summed E-state index contributed by atoms with van der Waals surface area (Å²) in [7, 11) is 1.62. The van der Waals surface area contributed by atoms with Gasteiger partial charge in [-0.1, -0.05) is 77.9 Å². The van der Waals surface area contributed by atoms with E-state index in [1.54, 1.807) is 7.11 Å². The Morgan fingerprint density at radius 2 is 1.52 bits per heavy atom. The minimum Gasteiger partial charge on any atom is -0.497 e. The molecule has 0 aliphatic heterocycles. The van der Waals surface area contributed by atoms with Crippen LogP contribution in [0.1, 0.15) is 28.6 Å². The Balaban J connectivity index is 1.42. The Hall–Kier alpha value is -4.13. The van der Waals surface area contributed by atoms with E-state index in [0.29, 0.717) is 12.3 Å². The van der Waals surface area contributed by atoms with Gasteiger partial charge < -0.3 is 14.5 Å². The summed E-state index contributed by atoms with van der Waals surface area (Å²) in [4.78, 5) is 12.6. The average Bonchev–Trinajstić information content (AvgIpc) is 3.25. The van der Waals surface area contributed by atoms with Crippen LogP contribution in [0.25, 0.3) is 0 Å². The zero-order chi connectivity index (χ0) is 21.5. The van der Waals surface area contributed by atoms with Crippen LogP contribution in [-0.2, 0) is 6.42 Å². The molecule has 0 spiro atoms. The minimum atomic E-state index is -0.433. The summed E-state index contributed by atoms with van der Waals surface area (Å²) in [6.45, 7) is 0. The zero-order valence-corrected chi connectivity index (χ0v) is 17.0. The number of methoxy groups -OCH3 is 1. The standard InChI is InChI=1S/C24H22N4O3/c1-30-20-14-12-17(13-15-20)16-21-27-28-24(31-21)26-23(29)25-22(18-8-4-2-5-9-18)19-10-6-3-7-11-19/h2-15,22H,16H2,1H3,(H2,25,26,28,29). The third-order valence-electron chi connectivity index (χ3n) is 4.74. The van der Waals surface area contributed by atoms with Crippen molar-refractivity contribution >= 4 is 12.0 Å². The lowest BCUT2D eigenvalue weighted by Gasteiger charge is -2.19. The Kier molecular flexibility index (Phi) is 6.23. The van der Waals surface area contributed by atoms with Gasteiger partial charge in [0.2, 0.25) is 5.89 Å². The van der Waals surface area contributed by atoms with E-state index < -0.39 is 6.03 Å². The number of amides is 2. The highest BCUT2D eigenvalue weighted by molar-refractivity contribution is 5.87. The van der Waals surface area contributed by atoms with Gasteiger partial charge in [0.15, 0.2) is 0 Å². The lowest BCUT2D eigenvalue weighted by atomic mass is 9.99. The maximum absolute atomic E-state index is 12.6. The number of rotatable bonds is 7. The van der Waals surface area contributed by atoms with Crippen LogP contribution < -0.4 is 15.4 Å². The van der Waals surface area contributed by atoms with Gasteiger partial charge in [0.1, 0.15) is 5.75 Å². The largest absolute Gasteiger partial charge is 0.497 e. The molecule has 0 fully saturated rings.